The Labute approximate surface area is 122 Å². The number of likely N-dealkylation sites (tertiary alicyclic amines) is 1. The van der Waals surface area contributed by atoms with Crippen LogP contribution in [-0.2, 0) is 10.0 Å². The van der Waals surface area contributed by atoms with E-state index in [1.807, 2.05) is 0 Å². The number of aromatic nitrogens is 1. The predicted molar refractivity (Wildman–Crippen MR) is 77.4 cm³/mol. The van der Waals surface area contributed by atoms with Crippen molar-refractivity contribution in [3.63, 3.8) is 0 Å². The highest BCUT2D eigenvalue weighted by molar-refractivity contribution is 9.10. The number of piperidine rings is 1. The molecule has 0 radical (unpaired) electrons. The Hall–Kier alpha value is -0.500. The van der Waals surface area contributed by atoms with E-state index in [4.69, 9.17) is 0 Å². The van der Waals surface area contributed by atoms with Gasteiger partial charge in [-0.05, 0) is 47.9 Å². The molecule has 0 unspecified atom stereocenters. The quantitative estimate of drug-likeness (QED) is 0.878. The van der Waals surface area contributed by atoms with Crippen molar-refractivity contribution >= 4 is 26.0 Å². The van der Waals surface area contributed by atoms with Gasteiger partial charge in [0.25, 0.3) is 0 Å². The van der Waals surface area contributed by atoms with E-state index in [9.17, 15) is 8.42 Å². The standard InChI is InChI=1S/C12H18BrN3O2S/c13-11-8-12(10-14-9-11)19(17,18)15-4-7-16-5-2-1-3-6-16/h8-10,15H,1-7H2. The summed E-state index contributed by atoms with van der Waals surface area (Å²) in [6, 6.07) is 1.55. The molecule has 1 aromatic heterocycles. The van der Waals surface area contributed by atoms with Crippen LogP contribution >= 0.6 is 15.9 Å². The largest absolute Gasteiger partial charge is 0.302 e. The first kappa shape index (κ1) is 14.9. The van der Waals surface area contributed by atoms with Gasteiger partial charge in [-0.15, -0.1) is 0 Å². The molecule has 0 atom stereocenters. The zero-order valence-electron chi connectivity index (χ0n) is 10.7. The normalized spacial score (nSPS) is 17.5. The number of hydrogen-bond acceptors (Lipinski definition) is 4. The van der Waals surface area contributed by atoms with Crippen LogP contribution in [0.3, 0.4) is 0 Å². The van der Waals surface area contributed by atoms with Gasteiger partial charge in [0.05, 0.1) is 0 Å². The minimum atomic E-state index is -3.45. The summed E-state index contributed by atoms with van der Waals surface area (Å²) in [5.41, 5.74) is 0. The summed E-state index contributed by atoms with van der Waals surface area (Å²) in [5.74, 6) is 0. The van der Waals surface area contributed by atoms with Crippen molar-refractivity contribution in [1.29, 1.82) is 0 Å². The van der Waals surface area contributed by atoms with Crippen molar-refractivity contribution < 1.29 is 8.42 Å². The second-order valence-electron chi connectivity index (χ2n) is 4.64. The Kier molecular flexibility index (Phi) is 5.32. The molecule has 5 nitrogen and oxygen atoms in total. The van der Waals surface area contributed by atoms with Crippen molar-refractivity contribution in [3.8, 4) is 0 Å². The molecule has 7 heteroatoms. The van der Waals surface area contributed by atoms with Crippen LogP contribution in [0, 0.1) is 0 Å². The lowest BCUT2D eigenvalue weighted by atomic mass is 10.1. The summed E-state index contributed by atoms with van der Waals surface area (Å²) >= 11 is 3.22. The molecular weight excluding hydrogens is 330 g/mol. The number of sulfonamides is 1. The summed E-state index contributed by atoms with van der Waals surface area (Å²) in [5, 5.41) is 0. The van der Waals surface area contributed by atoms with Gasteiger partial charge >= 0.3 is 0 Å². The number of halogens is 1. The molecule has 1 N–H and O–H groups in total. The molecule has 2 heterocycles. The van der Waals surface area contributed by atoms with Gasteiger partial charge in [-0.3, -0.25) is 4.98 Å². The predicted octanol–water partition coefficient (Wildman–Crippen LogP) is 1.61. The molecule has 2 rings (SSSR count). The lowest BCUT2D eigenvalue weighted by Gasteiger charge is -2.26. The Morgan fingerprint density at radius 1 is 1.26 bits per heavy atom. The monoisotopic (exact) mass is 347 g/mol. The van der Waals surface area contributed by atoms with Crippen LogP contribution in [-0.4, -0.2) is 44.5 Å². The molecule has 1 aliphatic rings. The van der Waals surface area contributed by atoms with Crippen LogP contribution in [0.1, 0.15) is 19.3 Å². The van der Waals surface area contributed by atoms with Gasteiger partial charge in [0.1, 0.15) is 4.90 Å². The molecule has 106 valence electrons. The fraction of sp³-hybridized carbons (Fsp3) is 0.583. The molecule has 1 fully saturated rings. The van der Waals surface area contributed by atoms with Crippen LogP contribution < -0.4 is 4.72 Å². The molecule has 0 spiro atoms. The van der Waals surface area contributed by atoms with Gasteiger partial charge in [-0.2, -0.15) is 0 Å². The number of rotatable bonds is 5. The lowest BCUT2D eigenvalue weighted by Crippen LogP contribution is -2.37. The van der Waals surface area contributed by atoms with Gasteiger partial charge in [0.2, 0.25) is 10.0 Å². The Bertz CT molecular complexity index is 515. The second kappa shape index (κ2) is 6.78. The fourth-order valence-corrected chi connectivity index (χ4v) is 3.67. The first-order valence-electron chi connectivity index (χ1n) is 6.40. The molecule has 0 aromatic carbocycles. The molecule has 1 saturated heterocycles. The van der Waals surface area contributed by atoms with Crippen LogP contribution in [0.15, 0.2) is 27.8 Å². The van der Waals surface area contributed by atoms with Gasteiger partial charge in [-0.1, -0.05) is 6.42 Å². The van der Waals surface area contributed by atoms with Crippen molar-refractivity contribution in [2.45, 2.75) is 24.2 Å². The van der Waals surface area contributed by atoms with Crippen molar-refractivity contribution in [2.24, 2.45) is 0 Å². The average Bonchev–Trinajstić information content (AvgIpc) is 2.40. The zero-order chi connectivity index (χ0) is 13.7. The van der Waals surface area contributed by atoms with Gasteiger partial charge in [0.15, 0.2) is 0 Å². The lowest BCUT2D eigenvalue weighted by molar-refractivity contribution is 0.233. The van der Waals surface area contributed by atoms with Crippen molar-refractivity contribution in [3.05, 3.63) is 22.9 Å². The second-order valence-corrected chi connectivity index (χ2v) is 7.32. The van der Waals surface area contributed by atoms with Crippen LogP contribution in [0.5, 0.6) is 0 Å². The first-order chi connectivity index (χ1) is 9.08. The Morgan fingerprint density at radius 3 is 2.68 bits per heavy atom. The van der Waals surface area contributed by atoms with E-state index in [0.717, 1.165) is 19.6 Å². The van der Waals surface area contributed by atoms with Gasteiger partial charge in [-0.25, -0.2) is 13.1 Å². The molecule has 0 aliphatic carbocycles. The number of pyridine rings is 1. The topological polar surface area (TPSA) is 62.3 Å². The molecule has 19 heavy (non-hydrogen) atoms. The summed E-state index contributed by atoms with van der Waals surface area (Å²) in [6.07, 6.45) is 6.62. The highest BCUT2D eigenvalue weighted by Gasteiger charge is 2.15. The third kappa shape index (κ3) is 4.52. The van der Waals surface area contributed by atoms with Crippen LogP contribution in [0.25, 0.3) is 0 Å². The molecular formula is C12H18BrN3O2S. The maximum absolute atomic E-state index is 12.0. The minimum absolute atomic E-state index is 0.195. The number of hydrogen-bond donors (Lipinski definition) is 1. The van der Waals surface area contributed by atoms with Gasteiger partial charge in [0, 0.05) is 30.0 Å². The van der Waals surface area contributed by atoms with E-state index in [2.05, 4.69) is 30.5 Å². The Morgan fingerprint density at radius 2 is 2.00 bits per heavy atom. The highest BCUT2D eigenvalue weighted by Crippen LogP contribution is 2.14. The van der Waals surface area contributed by atoms with E-state index < -0.39 is 10.0 Å². The van der Waals surface area contributed by atoms with E-state index in [1.165, 1.54) is 25.5 Å². The molecule has 0 amide bonds. The number of nitrogens with one attached hydrogen (secondary N) is 1. The average molecular weight is 348 g/mol. The fourth-order valence-electron chi connectivity index (χ4n) is 2.14. The highest BCUT2D eigenvalue weighted by atomic mass is 79.9. The minimum Gasteiger partial charge on any atom is -0.302 e. The van der Waals surface area contributed by atoms with Crippen molar-refractivity contribution in [2.75, 3.05) is 26.2 Å². The molecule has 0 bridgehead atoms. The number of nitrogens with zero attached hydrogens (tertiary/aromatic N) is 2. The summed E-state index contributed by atoms with van der Waals surface area (Å²) in [7, 11) is -3.45. The van der Waals surface area contributed by atoms with Gasteiger partial charge < -0.3 is 4.90 Å². The molecule has 1 aliphatic heterocycles. The van der Waals surface area contributed by atoms with E-state index in [1.54, 1.807) is 12.3 Å². The smallest absolute Gasteiger partial charge is 0.242 e. The van der Waals surface area contributed by atoms with E-state index >= 15 is 0 Å². The Balaban J connectivity index is 1.87. The maximum atomic E-state index is 12.0. The van der Waals surface area contributed by atoms with E-state index in [0.29, 0.717) is 11.0 Å². The van der Waals surface area contributed by atoms with Crippen LogP contribution in [0.2, 0.25) is 0 Å². The van der Waals surface area contributed by atoms with Crippen LogP contribution in [0.4, 0.5) is 0 Å². The van der Waals surface area contributed by atoms with Crippen molar-refractivity contribution in [1.82, 2.24) is 14.6 Å². The SMILES string of the molecule is O=S(=O)(NCCN1CCCCC1)c1cncc(Br)c1. The summed E-state index contributed by atoms with van der Waals surface area (Å²) in [6.45, 7) is 3.34. The third-order valence-electron chi connectivity index (χ3n) is 3.16. The van der Waals surface area contributed by atoms with E-state index in [-0.39, 0.29) is 4.90 Å². The summed E-state index contributed by atoms with van der Waals surface area (Å²) in [4.78, 5) is 6.36. The first-order valence-corrected chi connectivity index (χ1v) is 8.68. The maximum Gasteiger partial charge on any atom is 0.242 e. The molecule has 0 saturated carbocycles. The summed E-state index contributed by atoms with van der Waals surface area (Å²) < 4.78 is 27.3. The molecule has 1 aromatic rings. The third-order valence-corrected chi connectivity index (χ3v) is 5.02. The zero-order valence-corrected chi connectivity index (χ0v) is 13.1.